The van der Waals surface area contributed by atoms with E-state index >= 15 is 0 Å². The predicted molar refractivity (Wildman–Crippen MR) is 102 cm³/mol. The van der Waals surface area contributed by atoms with Gasteiger partial charge in [-0.3, -0.25) is 14.2 Å². The summed E-state index contributed by atoms with van der Waals surface area (Å²) >= 11 is 0. The van der Waals surface area contributed by atoms with Gasteiger partial charge in [-0.2, -0.15) is 0 Å². The van der Waals surface area contributed by atoms with Crippen LogP contribution in [-0.4, -0.2) is 33.6 Å². The number of carbonyl (C=O) groups is 2. The average Bonchev–Trinajstić information content (AvgIpc) is 2.71. The molecule has 28 heavy (non-hydrogen) atoms. The highest BCUT2D eigenvalue weighted by atomic mass is 16.5. The Morgan fingerprint density at radius 1 is 1.11 bits per heavy atom. The zero-order valence-corrected chi connectivity index (χ0v) is 14.9. The second kappa shape index (κ2) is 8.17. The van der Waals surface area contributed by atoms with Crippen molar-refractivity contribution in [3.05, 3.63) is 88.6 Å². The number of ether oxygens (including phenoxy) is 1. The number of benzene rings is 2. The third-order valence-corrected chi connectivity index (χ3v) is 4.09. The molecule has 0 aliphatic rings. The number of methoxy groups -OCH3 is 1. The van der Waals surface area contributed by atoms with E-state index < -0.39 is 23.5 Å². The van der Waals surface area contributed by atoms with Crippen molar-refractivity contribution in [1.82, 2.24) is 9.55 Å². The summed E-state index contributed by atoms with van der Waals surface area (Å²) in [4.78, 5) is 41.1. The molecule has 142 valence electrons. The van der Waals surface area contributed by atoms with Crippen LogP contribution in [0.15, 0.2) is 71.9 Å². The Hall–Kier alpha value is -3.94. The predicted octanol–water partition coefficient (Wildman–Crippen LogP) is 2.18. The van der Waals surface area contributed by atoms with Crippen molar-refractivity contribution >= 4 is 17.6 Å². The van der Waals surface area contributed by atoms with Crippen LogP contribution in [-0.2, 0) is 4.79 Å². The summed E-state index contributed by atoms with van der Waals surface area (Å²) in [5.74, 6) is -1.44. The quantitative estimate of drug-likeness (QED) is 0.679. The monoisotopic (exact) mass is 379 g/mol. The lowest BCUT2D eigenvalue weighted by Crippen LogP contribution is -2.33. The number of carboxylic acids is 1. The molecule has 3 aromatic rings. The number of carbonyl (C=O) groups excluding carboxylic acids is 1. The molecule has 0 spiro atoms. The van der Waals surface area contributed by atoms with Gasteiger partial charge in [0.15, 0.2) is 6.04 Å². The van der Waals surface area contributed by atoms with Crippen LogP contribution in [0.3, 0.4) is 0 Å². The van der Waals surface area contributed by atoms with Gasteiger partial charge < -0.3 is 15.2 Å². The van der Waals surface area contributed by atoms with Crippen LogP contribution in [0.4, 0.5) is 5.69 Å². The summed E-state index contributed by atoms with van der Waals surface area (Å²) in [6, 6.07) is 13.5. The molecule has 0 saturated heterocycles. The summed E-state index contributed by atoms with van der Waals surface area (Å²) in [7, 11) is 1.41. The first-order valence-electron chi connectivity index (χ1n) is 8.31. The number of carboxylic acid groups (broad SMARTS) is 1. The summed E-state index contributed by atoms with van der Waals surface area (Å²) in [6.07, 6.45) is 2.30. The fourth-order valence-electron chi connectivity index (χ4n) is 2.77. The van der Waals surface area contributed by atoms with Gasteiger partial charge >= 0.3 is 5.97 Å². The van der Waals surface area contributed by atoms with Crippen molar-refractivity contribution in [2.45, 2.75) is 6.04 Å². The Balaban J connectivity index is 2.02. The molecule has 2 N–H and O–H groups in total. The van der Waals surface area contributed by atoms with E-state index in [1.54, 1.807) is 54.6 Å². The second-order valence-electron chi connectivity index (χ2n) is 5.82. The summed E-state index contributed by atoms with van der Waals surface area (Å²) < 4.78 is 6.17. The number of para-hydroxylation sites is 1. The van der Waals surface area contributed by atoms with Crippen molar-refractivity contribution in [2.75, 3.05) is 12.4 Å². The van der Waals surface area contributed by atoms with Crippen LogP contribution in [0.5, 0.6) is 5.75 Å². The van der Waals surface area contributed by atoms with Gasteiger partial charge in [0.05, 0.1) is 19.6 Å². The Morgan fingerprint density at radius 3 is 2.46 bits per heavy atom. The van der Waals surface area contributed by atoms with Crippen LogP contribution in [0.1, 0.15) is 22.0 Å². The maximum absolute atomic E-state index is 12.9. The first kappa shape index (κ1) is 18.8. The molecule has 1 atom stereocenters. The van der Waals surface area contributed by atoms with Crippen molar-refractivity contribution in [2.24, 2.45) is 0 Å². The molecule has 2 aromatic carbocycles. The number of hydrogen-bond donors (Lipinski definition) is 2. The Bertz CT molecular complexity index is 1060. The standard InChI is InChI=1S/C20H17N3O5/c1-28-16-10-6-5-9-14(16)17(20(26)27)23-12-21-11-15(19(23)25)22-18(24)13-7-3-2-4-8-13/h2-12,17H,1H3,(H,22,24)(H,26,27). The van der Waals surface area contributed by atoms with Crippen LogP contribution in [0.2, 0.25) is 0 Å². The second-order valence-corrected chi connectivity index (χ2v) is 5.82. The Morgan fingerprint density at radius 2 is 1.79 bits per heavy atom. The van der Waals surface area contributed by atoms with Gasteiger partial charge in [0.2, 0.25) is 0 Å². The van der Waals surface area contributed by atoms with Crippen molar-refractivity contribution in [3.8, 4) is 5.75 Å². The molecule has 8 nitrogen and oxygen atoms in total. The number of hydrogen-bond acceptors (Lipinski definition) is 5. The Labute approximate surface area is 160 Å². The summed E-state index contributed by atoms with van der Waals surface area (Å²) in [5, 5.41) is 12.2. The molecule has 0 fully saturated rings. The normalized spacial score (nSPS) is 11.5. The fraction of sp³-hybridized carbons (Fsp3) is 0.100. The van der Waals surface area contributed by atoms with Gasteiger partial charge in [-0.1, -0.05) is 36.4 Å². The van der Waals surface area contributed by atoms with E-state index in [-0.39, 0.29) is 11.3 Å². The van der Waals surface area contributed by atoms with E-state index in [4.69, 9.17) is 4.74 Å². The zero-order valence-electron chi connectivity index (χ0n) is 14.9. The number of aromatic nitrogens is 2. The average molecular weight is 379 g/mol. The topological polar surface area (TPSA) is 111 Å². The van der Waals surface area contributed by atoms with E-state index in [0.29, 0.717) is 11.3 Å². The number of anilines is 1. The minimum Gasteiger partial charge on any atom is -0.496 e. The largest absolute Gasteiger partial charge is 0.496 e. The van der Waals surface area contributed by atoms with Gasteiger partial charge in [-0.05, 0) is 18.2 Å². The third kappa shape index (κ3) is 3.75. The molecule has 0 aliphatic heterocycles. The number of nitrogens with one attached hydrogen (secondary N) is 1. The van der Waals surface area contributed by atoms with Gasteiger partial charge in [0.1, 0.15) is 11.4 Å². The first-order valence-corrected chi connectivity index (χ1v) is 8.31. The van der Waals surface area contributed by atoms with Crippen LogP contribution >= 0.6 is 0 Å². The SMILES string of the molecule is COc1ccccc1C(C(=O)O)n1cncc(NC(=O)c2ccccc2)c1=O. The number of nitrogens with zero attached hydrogens (tertiary/aromatic N) is 2. The third-order valence-electron chi connectivity index (χ3n) is 4.09. The zero-order chi connectivity index (χ0) is 20.1. The van der Waals surface area contributed by atoms with Gasteiger partial charge in [-0.15, -0.1) is 0 Å². The highest BCUT2D eigenvalue weighted by Crippen LogP contribution is 2.27. The lowest BCUT2D eigenvalue weighted by molar-refractivity contribution is -0.139. The van der Waals surface area contributed by atoms with Gasteiger partial charge in [0.25, 0.3) is 11.5 Å². The maximum Gasteiger partial charge on any atom is 0.331 e. The number of rotatable bonds is 6. The van der Waals surface area contributed by atoms with Crippen LogP contribution in [0.25, 0.3) is 0 Å². The minimum absolute atomic E-state index is 0.127. The van der Waals surface area contributed by atoms with Gasteiger partial charge in [0, 0.05) is 11.1 Å². The van der Waals surface area contributed by atoms with E-state index in [9.17, 15) is 19.5 Å². The van der Waals surface area contributed by atoms with Crippen molar-refractivity contribution in [3.63, 3.8) is 0 Å². The van der Waals surface area contributed by atoms with Gasteiger partial charge in [-0.25, -0.2) is 9.78 Å². The lowest BCUT2D eigenvalue weighted by atomic mass is 10.1. The van der Waals surface area contributed by atoms with Crippen molar-refractivity contribution in [1.29, 1.82) is 0 Å². The maximum atomic E-state index is 12.9. The Kier molecular flexibility index (Phi) is 5.50. The molecule has 1 heterocycles. The molecule has 1 unspecified atom stereocenters. The summed E-state index contributed by atoms with van der Waals surface area (Å²) in [5.41, 5.74) is -0.181. The minimum atomic E-state index is -1.37. The highest BCUT2D eigenvalue weighted by molar-refractivity contribution is 6.04. The first-order chi connectivity index (χ1) is 13.5. The molecule has 0 aliphatic carbocycles. The molecule has 8 heteroatoms. The number of aliphatic carboxylic acids is 1. The lowest BCUT2D eigenvalue weighted by Gasteiger charge is -2.18. The van der Waals surface area contributed by atoms with E-state index in [1.165, 1.54) is 13.3 Å². The molecular weight excluding hydrogens is 362 g/mol. The molecular formula is C20H17N3O5. The smallest absolute Gasteiger partial charge is 0.331 e. The van der Waals surface area contributed by atoms with Crippen molar-refractivity contribution < 1.29 is 19.4 Å². The number of amides is 1. The molecule has 3 rings (SSSR count). The molecule has 1 aromatic heterocycles. The summed E-state index contributed by atoms with van der Waals surface area (Å²) in [6.45, 7) is 0. The van der Waals surface area contributed by atoms with E-state index in [0.717, 1.165) is 10.9 Å². The molecule has 0 radical (unpaired) electrons. The van der Waals surface area contributed by atoms with E-state index in [2.05, 4.69) is 10.3 Å². The molecule has 0 bridgehead atoms. The van der Waals surface area contributed by atoms with Crippen LogP contribution < -0.4 is 15.6 Å². The van der Waals surface area contributed by atoms with Crippen LogP contribution in [0, 0.1) is 0 Å². The fourth-order valence-corrected chi connectivity index (χ4v) is 2.77. The molecule has 1 amide bonds. The van der Waals surface area contributed by atoms with E-state index in [1.807, 2.05) is 0 Å². The highest BCUT2D eigenvalue weighted by Gasteiger charge is 2.27. The molecule has 0 saturated carbocycles.